The van der Waals surface area contributed by atoms with Gasteiger partial charge < -0.3 is 10.2 Å². The van der Waals surface area contributed by atoms with Gasteiger partial charge >= 0.3 is 27.0 Å². The molecule has 0 aliphatic heterocycles. The van der Waals surface area contributed by atoms with E-state index in [0.29, 0.717) is 0 Å². The third-order valence-electron chi connectivity index (χ3n) is 0.172. The summed E-state index contributed by atoms with van der Waals surface area (Å²) in [5.41, 5.74) is 0. The lowest BCUT2D eigenvalue weighted by molar-refractivity contribution is 0.137. The summed E-state index contributed by atoms with van der Waals surface area (Å²) in [6.07, 6.45) is -1.83. The largest absolute Gasteiger partial charge is 0.503 e. The predicted molar refractivity (Wildman–Crippen MR) is 34.8 cm³/mol. The second-order valence-corrected chi connectivity index (χ2v) is 3.46. The number of hydrogen-bond donors (Lipinski definition) is 4. The van der Waals surface area contributed by atoms with Crippen LogP contribution in [0.1, 0.15) is 0 Å². The first-order chi connectivity index (χ1) is 5.44. The van der Waals surface area contributed by atoms with Gasteiger partial charge in [-0.05, 0) is 0 Å². The van der Waals surface area contributed by atoms with Crippen LogP contribution in [0.4, 0.5) is 4.79 Å². The van der Waals surface area contributed by atoms with Crippen LogP contribution in [-0.2, 0) is 24.4 Å². The van der Waals surface area contributed by atoms with E-state index in [-0.39, 0.29) is 0 Å². The van der Waals surface area contributed by atoms with Crippen LogP contribution in [0, 0.1) is 0 Å². The number of carboxylic acid groups (broad SMARTS) is 2. The Kier molecular flexibility index (Phi) is 5.52. The Balaban J connectivity index is 0. The molecule has 13 heavy (non-hydrogen) atoms. The van der Waals surface area contributed by atoms with E-state index in [9.17, 15) is 16.8 Å². The molecule has 0 atom stereocenters. The molecule has 0 aromatic carbocycles. The summed E-state index contributed by atoms with van der Waals surface area (Å²) in [7, 11) is -10.2. The van der Waals surface area contributed by atoms with Crippen molar-refractivity contribution in [3.05, 3.63) is 0 Å². The highest BCUT2D eigenvalue weighted by atomic mass is 32.3. The molecule has 0 aliphatic carbocycles. The molecule has 0 bridgehead atoms. The van der Waals surface area contributed by atoms with Crippen molar-refractivity contribution in [2.75, 3.05) is 0 Å². The third-order valence-corrected chi connectivity index (χ3v) is 1.55. The fourth-order valence-electron chi connectivity index (χ4n) is 0.109. The monoisotopic (exact) mass is 240 g/mol. The molecule has 12 heteroatoms. The minimum atomic E-state index is -5.12. The molecular formula is CH4O10S2. The fourth-order valence-corrected chi connectivity index (χ4v) is 0.978. The van der Waals surface area contributed by atoms with Crippen molar-refractivity contribution in [2.45, 2.75) is 0 Å². The number of hydrogen-bond acceptors (Lipinski definition) is 6. The van der Waals surface area contributed by atoms with E-state index in [0.717, 1.165) is 0 Å². The summed E-state index contributed by atoms with van der Waals surface area (Å²) >= 11 is 0. The SMILES string of the molecule is O=C(O)O.O=S(=O)(O)OS(=O)(=O)O. The zero-order chi connectivity index (χ0) is 11.3. The van der Waals surface area contributed by atoms with Gasteiger partial charge in [-0.2, -0.15) is 16.8 Å². The van der Waals surface area contributed by atoms with Crippen molar-refractivity contribution < 1.29 is 44.6 Å². The van der Waals surface area contributed by atoms with Crippen LogP contribution in [0.15, 0.2) is 0 Å². The van der Waals surface area contributed by atoms with E-state index in [2.05, 4.69) is 3.63 Å². The molecule has 0 aliphatic rings. The summed E-state index contributed by atoms with van der Waals surface area (Å²) in [6, 6.07) is 0. The van der Waals surface area contributed by atoms with Crippen LogP contribution in [0.5, 0.6) is 0 Å². The van der Waals surface area contributed by atoms with E-state index in [1.807, 2.05) is 0 Å². The lowest BCUT2D eigenvalue weighted by atomic mass is 11.5. The Labute approximate surface area is 72.3 Å². The van der Waals surface area contributed by atoms with Gasteiger partial charge in [0.05, 0.1) is 0 Å². The Bertz CT molecular complexity index is 308. The van der Waals surface area contributed by atoms with Crippen LogP contribution in [0.25, 0.3) is 0 Å². The van der Waals surface area contributed by atoms with Gasteiger partial charge in [0.25, 0.3) is 0 Å². The third kappa shape index (κ3) is 35.5. The molecular weight excluding hydrogens is 236 g/mol. The summed E-state index contributed by atoms with van der Waals surface area (Å²) in [6.45, 7) is 0. The summed E-state index contributed by atoms with van der Waals surface area (Å²) in [4.78, 5) is 8.56. The molecule has 0 radical (unpaired) electrons. The van der Waals surface area contributed by atoms with Gasteiger partial charge in [-0.25, -0.2) is 4.79 Å². The van der Waals surface area contributed by atoms with Gasteiger partial charge in [0.15, 0.2) is 0 Å². The standard InChI is InChI=1S/CH2O3.H2O7S2/c2-1(3)4;1-8(2,3)7-9(4,5)6/h(H2,2,3,4);(H,1,2,3)(H,4,5,6). The second-order valence-electron chi connectivity index (χ2n) is 1.21. The molecule has 0 aromatic rings. The van der Waals surface area contributed by atoms with Gasteiger partial charge in [-0.1, -0.05) is 0 Å². The van der Waals surface area contributed by atoms with E-state index in [1.54, 1.807) is 0 Å². The molecule has 10 nitrogen and oxygen atoms in total. The molecule has 0 unspecified atom stereocenters. The fraction of sp³-hybridized carbons (Fsp3) is 0. The molecule has 0 aromatic heterocycles. The highest BCUT2D eigenvalue weighted by molar-refractivity contribution is 7.94. The zero-order valence-electron chi connectivity index (χ0n) is 5.55. The average Bonchev–Trinajstić information content (AvgIpc) is 1.47. The van der Waals surface area contributed by atoms with E-state index in [1.165, 1.54) is 0 Å². The summed E-state index contributed by atoms with van der Waals surface area (Å²) in [5, 5.41) is 13.9. The molecule has 0 rings (SSSR count). The number of carbonyl (C=O) groups is 1. The van der Waals surface area contributed by atoms with E-state index in [4.69, 9.17) is 24.1 Å². The zero-order valence-corrected chi connectivity index (χ0v) is 7.19. The minimum Gasteiger partial charge on any atom is -0.450 e. The van der Waals surface area contributed by atoms with Crippen molar-refractivity contribution >= 4 is 27.0 Å². The van der Waals surface area contributed by atoms with Crippen LogP contribution >= 0.6 is 0 Å². The normalized spacial score (nSPS) is 11.2. The lowest BCUT2D eigenvalue weighted by Crippen LogP contribution is -2.10. The maximum Gasteiger partial charge on any atom is 0.503 e. The van der Waals surface area contributed by atoms with Crippen molar-refractivity contribution in [1.29, 1.82) is 0 Å². The first-order valence-corrected chi connectivity index (χ1v) is 4.75. The molecule has 0 spiro atoms. The Hall–Kier alpha value is -0.950. The first-order valence-electron chi connectivity index (χ1n) is 2.02. The highest BCUT2D eigenvalue weighted by Gasteiger charge is 2.15. The molecule has 0 saturated heterocycles. The predicted octanol–water partition coefficient (Wildman–Crippen LogP) is -1.17. The molecule has 0 saturated carbocycles. The molecule has 0 fully saturated rings. The average molecular weight is 240 g/mol. The minimum absolute atomic E-state index is 1.83. The molecule has 4 N–H and O–H groups in total. The Morgan fingerprint density at radius 2 is 1.08 bits per heavy atom. The van der Waals surface area contributed by atoms with Gasteiger partial charge in [0.2, 0.25) is 0 Å². The maximum absolute atomic E-state index is 9.44. The van der Waals surface area contributed by atoms with Crippen molar-refractivity contribution in [3.8, 4) is 0 Å². The van der Waals surface area contributed by atoms with Gasteiger partial charge in [0, 0.05) is 0 Å². The summed E-state index contributed by atoms with van der Waals surface area (Å²) in [5.74, 6) is 0. The van der Waals surface area contributed by atoms with Crippen LogP contribution in [-0.4, -0.2) is 42.3 Å². The molecule has 0 amide bonds. The molecule has 80 valence electrons. The maximum atomic E-state index is 9.44. The van der Waals surface area contributed by atoms with Crippen LogP contribution in [0.3, 0.4) is 0 Å². The van der Waals surface area contributed by atoms with Crippen molar-refractivity contribution in [3.63, 3.8) is 0 Å². The number of rotatable bonds is 2. The Morgan fingerprint density at radius 1 is 0.923 bits per heavy atom. The van der Waals surface area contributed by atoms with E-state index >= 15 is 0 Å². The van der Waals surface area contributed by atoms with Gasteiger partial charge in [-0.3, -0.25) is 9.11 Å². The van der Waals surface area contributed by atoms with Crippen LogP contribution in [0.2, 0.25) is 0 Å². The quantitative estimate of drug-likeness (QED) is 0.430. The topological polar surface area (TPSA) is 175 Å². The van der Waals surface area contributed by atoms with Gasteiger partial charge in [0.1, 0.15) is 0 Å². The van der Waals surface area contributed by atoms with Crippen molar-refractivity contribution in [1.82, 2.24) is 0 Å². The van der Waals surface area contributed by atoms with Crippen LogP contribution < -0.4 is 0 Å². The lowest BCUT2D eigenvalue weighted by Gasteiger charge is -1.89. The highest BCUT2D eigenvalue weighted by Crippen LogP contribution is 1.91. The summed E-state index contributed by atoms with van der Waals surface area (Å²) < 4.78 is 55.6. The van der Waals surface area contributed by atoms with E-state index < -0.39 is 27.0 Å². The molecule has 0 heterocycles. The smallest absolute Gasteiger partial charge is 0.450 e. The second kappa shape index (κ2) is 4.93. The van der Waals surface area contributed by atoms with Gasteiger partial charge in [-0.15, -0.1) is 3.63 Å². The first kappa shape index (κ1) is 14.6. The van der Waals surface area contributed by atoms with Crippen molar-refractivity contribution in [2.24, 2.45) is 0 Å². The Morgan fingerprint density at radius 3 is 1.08 bits per heavy atom.